The summed E-state index contributed by atoms with van der Waals surface area (Å²) >= 11 is 6.30. The number of nitrogens with one attached hydrogen (secondary N) is 1. The molecule has 0 amide bonds. The van der Waals surface area contributed by atoms with Gasteiger partial charge in [-0.2, -0.15) is 0 Å². The molecule has 4 rings (SSSR count). The fraction of sp³-hybridized carbons (Fsp3) is 0.0909. The topological polar surface area (TPSA) is 90.2 Å². The SMILES string of the molecule is [C-]#[N+]c1cnc(N)nc1N[C@@H](C)c1cc2cccc(Cl)c2c(=O)n1-c1cccc(F)c1. The molecule has 0 radical (unpaired) electrons. The van der Waals surface area contributed by atoms with Crippen molar-refractivity contribution in [2.24, 2.45) is 0 Å². The number of halogens is 2. The second-order valence-electron chi connectivity index (χ2n) is 6.83. The summed E-state index contributed by atoms with van der Waals surface area (Å²) in [5.41, 5.74) is 6.35. The van der Waals surface area contributed by atoms with E-state index >= 15 is 0 Å². The molecule has 0 saturated carbocycles. The molecule has 9 heteroatoms. The average molecular weight is 435 g/mol. The summed E-state index contributed by atoms with van der Waals surface area (Å²) in [5, 5.41) is 4.39. The molecule has 4 aromatic rings. The minimum Gasteiger partial charge on any atom is -0.371 e. The van der Waals surface area contributed by atoms with Crippen LogP contribution in [0.15, 0.2) is 59.5 Å². The van der Waals surface area contributed by atoms with Gasteiger partial charge in [-0.3, -0.25) is 9.36 Å². The summed E-state index contributed by atoms with van der Waals surface area (Å²) < 4.78 is 15.4. The van der Waals surface area contributed by atoms with Crippen LogP contribution in [0.1, 0.15) is 18.7 Å². The van der Waals surface area contributed by atoms with Gasteiger partial charge in [0.25, 0.3) is 5.56 Å². The summed E-state index contributed by atoms with van der Waals surface area (Å²) in [7, 11) is 0. The summed E-state index contributed by atoms with van der Waals surface area (Å²) in [5.74, 6) is -0.233. The van der Waals surface area contributed by atoms with Crippen LogP contribution in [-0.2, 0) is 0 Å². The molecule has 7 nitrogen and oxygen atoms in total. The van der Waals surface area contributed by atoms with E-state index in [9.17, 15) is 9.18 Å². The zero-order chi connectivity index (χ0) is 22.1. The van der Waals surface area contributed by atoms with Gasteiger partial charge >= 0.3 is 0 Å². The Hall–Kier alpha value is -3.96. The molecule has 0 fully saturated rings. The molecule has 2 aromatic carbocycles. The second-order valence-corrected chi connectivity index (χ2v) is 7.24. The van der Waals surface area contributed by atoms with Gasteiger partial charge in [-0.25, -0.2) is 19.2 Å². The third-order valence-corrected chi connectivity index (χ3v) is 5.11. The number of fused-ring (bicyclic) bond motifs is 1. The molecule has 0 spiro atoms. The third kappa shape index (κ3) is 3.79. The van der Waals surface area contributed by atoms with Crippen LogP contribution in [0.25, 0.3) is 21.3 Å². The number of pyridine rings is 1. The van der Waals surface area contributed by atoms with Gasteiger partial charge in [-0.1, -0.05) is 29.8 Å². The number of benzene rings is 2. The Labute approximate surface area is 181 Å². The van der Waals surface area contributed by atoms with E-state index in [1.807, 2.05) is 0 Å². The number of nitrogens with zero attached hydrogens (tertiary/aromatic N) is 4. The van der Waals surface area contributed by atoms with Crippen molar-refractivity contribution in [2.75, 3.05) is 11.1 Å². The van der Waals surface area contributed by atoms with Crippen LogP contribution in [-0.4, -0.2) is 14.5 Å². The molecule has 0 aliphatic heterocycles. The van der Waals surface area contributed by atoms with Gasteiger partial charge in [0.05, 0.1) is 28.7 Å². The Balaban J connectivity index is 1.95. The van der Waals surface area contributed by atoms with E-state index in [0.717, 1.165) is 0 Å². The third-order valence-electron chi connectivity index (χ3n) is 4.80. The molecule has 31 heavy (non-hydrogen) atoms. The molecular weight excluding hydrogens is 419 g/mol. The predicted molar refractivity (Wildman–Crippen MR) is 119 cm³/mol. The number of rotatable bonds is 4. The van der Waals surface area contributed by atoms with Crippen molar-refractivity contribution >= 4 is 39.8 Å². The normalized spacial score (nSPS) is 11.8. The van der Waals surface area contributed by atoms with E-state index in [4.69, 9.17) is 23.9 Å². The second kappa shape index (κ2) is 8.05. The summed E-state index contributed by atoms with van der Waals surface area (Å²) in [6.45, 7) is 9.12. The maximum absolute atomic E-state index is 14.0. The van der Waals surface area contributed by atoms with Gasteiger partial charge in [0.1, 0.15) is 11.6 Å². The van der Waals surface area contributed by atoms with Crippen LogP contribution < -0.4 is 16.6 Å². The van der Waals surface area contributed by atoms with E-state index in [-0.39, 0.29) is 23.0 Å². The van der Waals surface area contributed by atoms with Crippen LogP contribution >= 0.6 is 11.6 Å². The fourth-order valence-electron chi connectivity index (χ4n) is 3.40. The van der Waals surface area contributed by atoms with Gasteiger partial charge in [0.15, 0.2) is 0 Å². The first-order valence-electron chi connectivity index (χ1n) is 9.25. The molecule has 0 saturated heterocycles. The van der Waals surface area contributed by atoms with Crippen LogP contribution in [0, 0.1) is 12.4 Å². The van der Waals surface area contributed by atoms with Crippen molar-refractivity contribution in [2.45, 2.75) is 13.0 Å². The molecule has 0 aliphatic carbocycles. The number of hydrogen-bond donors (Lipinski definition) is 2. The average Bonchev–Trinajstić information content (AvgIpc) is 2.73. The zero-order valence-electron chi connectivity index (χ0n) is 16.3. The molecule has 0 aliphatic rings. The molecule has 3 N–H and O–H groups in total. The van der Waals surface area contributed by atoms with Gasteiger partial charge in [-0.05, 0) is 42.6 Å². The van der Waals surface area contributed by atoms with E-state index in [0.29, 0.717) is 27.2 Å². The number of nitrogen functional groups attached to an aromatic ring is 1. The Morgan fingerprint density at radius 1 is 1.26 bits per heavy atom. The molecular formula is C22H16ClFN6O. The first-order valence-corrected chi connectivity index (χ1v) is 9.63. The number of hydrogen-bond acceptors (Lipinski definition) is 5. The van der Waals surface area contributed by atoms with Crippen molar-refractivity contribution in [1.82, 2.24) is 14.5 Å². The lowest BCUT2D eigenvalue weighted by molar-refractivity contribution is 0.625. The van der Waals surface area contributed by atoms with Crippen LogP contribution in [0.4, 0.5) is 21.8 Å². The van der Waals surface area contributed by atoms with Gasteiger partial charge < -0.3 is 11.1 Å². The van der Waals surface area contributed by atoms with Crippen molar-refractivity contribution in [3.8, 4) is 5.69 Å². The largest absolute Gasteiger partial charge is 0.371 e. The summed E-state index contributed by atoms with van der Waals surface area (Å²) in [6, 6.07) is 12.2. The van der Waals surface area contributed by atoms with Crippen LogP contribution in [0.5, 0.6) is 0 Å². The van der Waals surface area contributed by atoms with Crippen molar-refractivity contribution < 1.29 is 4.39 Å². The van der Waals surface area contributed by atoms with Crippen molar-refractivity contribution in [3.63, 3.8) is 0 Å². The number of aromatic nitrogens is 3. The maximum Gasteiger partial charge on any atom is 0.264 e. The minimum absolute atomic E-state index is 0.00918. The van der Waals surface area contributed by atoms with E-state index < -0.39 is 11.9 Å². The smallest absolute Gasteiger partial charge is 0.264 e. The standard InChI is InChI=1S/C22H16ClFN6O/c1-12(28-20-17(26-2)11-27-22(25)29-20)18-9-13-5-3-8-16(23)19(13)21(31)30(18)15-7-4-6-14(24)10-15/h3-12H,1H3,(H3,25,27,28,29)/t12-/m0/s1. The summed E-state index contributed by atoms with van der Waals surface area (Å²) in [6.07, 6.45) is 1.32. The fourth-order valence-corrected chi connectivity index (χ4v) is 3.66. The quantitative estimate of drug-likeness (QED) is 0.447. The van der Waals surface area contributed by atoms with Crippen LogP contribution in [0.2, 0.25) is 5.02 Å². The minimum atomic E-state index is -0.505. The highest BCUT2D eigenvalue weighted by atomic mass is 35.5. The Morgan fingerprint density at radius 2 is 2.03 bits per heavy atom. The van der Waals surface area contributed by atoms with Gasteiger partial charge in [0.2, 0.25) is 11.6 Å². The molecule has 0 bridgehead atoms. The lowest BCUT2D eigenvalue weighted by Crippen LogP contribution is -2.26. The number of nitrogens with two attached hydrogens (primary N) is 1. The van der Waals surface area contributed by atoms with Gasteiger partial charge in [-0.15, -0.1) is 0 Å². The Bertz CT molecular complexity index is 1410. The van der Waals surface area contributed by atoms with Crippen LogP contribution in [0.3, 0.4) is 0 Å². The zero-order valence-corrected chi connectivity index (χ0v) is 17.1. The lowest BCUT2D eigenvalue weighted by atomic mass is 10.1. The molecule has 154 valence electrons. The highest BCUT2D eigenvalue weighted by Crippen LogP contribution is 2.30. The Morgan fingerprint density at radius 3 is 2.77 bits per heavy atom. The molecule has 2 aromatic heterocycles. The lowest BCUT2D eigenvalue weighted by Gasteiger charge is -2.22. The van der Waals surface area contributed by atoms with E-state index in [1.165, 1.54) is 29.0 Å². The predicted octanol–water partition coefficient (Wildman–Crippen LogP) is 4.88. The molecule has 1 atom stereocenters. The monoisotopic (exact) mass is 434 g/mol. The Kier molecular flexibility index (Phi) is 5.28. The first-order chi connectivity index (χ1) is 14.9. The highest BCUT2D eigenvalue weighted by Gasteiger charge is 2.19. The molecule has 2 heterocycles. The van der Waals surface area contributed by atoms with E-state index in [1.54, 1.807) is 37.3 Å². The van der Waals surface area contributed by atoms with E-state index in [2.05, 4.69) is 20.1 Å². The molecule has 0 unspecified atom stereocenters. The van der Waals surface area contributed by atoms with Crippen molar-refractivity contribution in [3.05, 3.63) is 93.0 Å². The van der Waals surface area contributed by atoms with Gasteiger partial charge in [0, 0.05) is 11.9 Å². The number of anilines is 2. The highest BCUT2D eigenvalue weighted by molar-refractivity contribution is 6.35. The maximum atomic E-state index is 14.0. The summed E-state index contributed by atoms with van der Waals surface area (Å²) in [4.78, 5) is 24.8. The first kappa shape index (κ1) is 20.3. The van der Waals surface area contributed by atoms with Crippen molar-refractivity contribution in [1.29, 1.82) is 0 Å².